The van der Waals surface area contributed by atoms with Crippen LogP contribution in [0, 0.1) is 0 Å². The summed E-state index contributed by atoms with van der Waals surface area (Å²) >= 11 is 1.41. The molecule has 136 valence electrons. The molecule has 0 aliphatic carbocycles. The number of carbonyl (C=O) groups is 2. The number of carboxylic acids is 1. The topological polar surface area (TPSA) is 78.9 Å². The normalized spacial score (nSPS) is 19.2. The molecule has 7 heteroatoms. The van der Waals surface area contributed by atoms with E-state index in [2.05, 4.69) is 0 Å². The summed E-state index contributed by atoms with van der Waals surface area (Å²) in [6, 6.07) is 13.1. The minimum atomic E-state index is -1.26. The molecule has 0 unspecified atom stereocenters. The number of nitrogens with zero attached hydrogens (tertiary/aromatic N) is 1. The zero-order chi connectivity index (χ0) is 18.7. The molecule has 1 fully saturated rings. The maximum atomic E-state index is 13.1. The second-order valence-corrected chi connectivity index (χ2v) is 6.83. The number of ether oxygens (including phenoxy) is 2. The van der Waals surface area contributed by atoms with E-state index in [0.29, 0.717) is 17.1 Å². The predicted molar refractivity (Wildman–Crippen MR) is 96.2 cm³/mol. The molecule has 1 aliphatic heterocycles. The van der Waals surface area contributed by atoms with Gasteiger partial charge in [-0.25, -0.2) is 0 Å². The van der Waals surface area contributed by atoms with Crippen molar-refractivity contribution in [1.82, 2.24) is 4.90 Å². The number of rotatable bonds is 5. The lowest BCUT2D eigenvalue weighted by molar-refractivity contribution is -0.310. The van der Waals surface area contributed by atoms with E-state index in [9.17, 15) is 14.7 Å². The number of thioether (sulfide) groups is 1. The van der Waals surface area contributed by atoms with Crippen molar-refractivity contribution in [2.75, 3.05) is 20.0 Å². The zero-order valence-electron chi connectivity index (χ0n) is 14.4. The van der Waals surface area contributed by atoms with Gasteiger partial charge in [-0.1, -0.05) is 30.3 Å². The van der Waals surface area contributed by atoms with Crippen molar-refractivity contribution < 1.29 is 24.2 Å². The van der Waals surface area contributed by atoms with Gasteiger partial charge in [0, 0.05) is 11.3 Å². The Morgan fingerprint density at radius 2 is 1.77 bits per heavy atom. The molecule has 0 aromatic heterocycles. The molecule has 1 amide bonds. The minimum Gasteiger partial charge on any atom is -0.548 e. The third kappa shape index (κ3) is 3.35. The largest absolute Gasteiger partial charge is 0.548 e. The van der Waals surface area contributed by atoms with Gasteiger partial charge in [0.05, 0.1) is 26.2 Å². The van der Waals surface area contributed by atoms with Crippen LogP contribution < -0.4 is 14.6 Å². The molecule has 1 saturated heterocycles. The molecule has 0 saturated carbocycles. The van der Waals surface area contributed by atoms with Crippen molar-refractivity contribution in [2.24, 2.45) is 0 Å². The third-order valence-electron chi connectivity index (χ3n) is 4.22. The fourth-order valence-corrected chi connectivity index (χ4v) is 4.34. The Kier molecular flexibility index (Phi) is 5.37. The van der Waals surface area contributed by atoms with Crippen LogP contribution in [0.4, 0.5) is 0 Å². The van der Waals surface area contributed by atoms with Crippen LogP contribution >= 0.6 is 11.8 Å². The highest BCUT2D eigenvalue weighted by Crippen LogP contribution is 2.42. The Balaban J connectivity index is 1.99. The van der Waals surface area contributed by atoms with Crippen LogP contribution in [0.15, 0.2) is 48.5 Å². The fourth-order valence-electron chi connectivity index (χ4n) is 2.93. The number of methoxy groups -OCH3 is 2. The minimum absolute atomic E-state index is 0.279. The quantitative estimate of drug-likeness (QED) is 0.795. The maximum Gasteiger partial charge on any atom is 0.255 e. The van der Waals surface area contributed by atoms with Gasteiger partial charge in [-0.05, 0) is 23.8 Å². The van der Waals surface area contributed by atoms with Gasteiger partial charge in [0.25, 0.3) is 5.91 Å². The van der Waals surface area contributed by atoms with Crippen LogP contribution in [-0.2, 0) is 4.79 Å². The molecule has 1 aliphatic rings. The molecule has 2 aromatic carbocycles. The Morgan fingerprint density at radius 1 is 1.08 bits per heavy atom. The lowest BCUT2D eigenvalue weighted by atomic mass is 10.1. The molecule has 0 bridgehead atoms. The van der Waals surface area contributed by atoms with E-state index in [1.807, 2.05) is 30.3 Å². The highest BCUT2D eigenvalue weighted by Gasteiger charge is 2.39. The first-order chi connectivity index (χ1) is 12.6. The van der Waals surface area contributed by atoms with E-state index in [0.717, 1.165) is 5.56 Å². The third-order valence-corrected chi connectivity index (χ3v) is 5.55. The van der Waals surface area contributed by atoms with Gasteiger partial charge >= 0.3 is 0 Å². The average Bonchev–Trinajstić information content (AvgIpc) is 3.13. The number of carboxylic acid groups (broad SMARTS) is 1. The second-order valence-electron chi connectivity index (χ2n) is 5.71. The first-order valence-corrected chi connectivity index (χ1v) is 9.03. The van der Waals surface area contributed by atoms with Crippen molar-refractivity contribution in [3.63, 3.8) is 0 Å². The first kappa shape index (κ1) is 18.1. The Morgan fingerprint density at radius 3 is 2.38 bits per heavy atom. The van der Waals surface area contributed by atoms with Crippen LogP contribution in [0.1, 0.15) is 21.3 Å². The number of aliphatic carboxylic acids is 1. The molecule has 0 radical (unpaired) electrons. The van der Waals surface area contributed by atoms with E-state index in [-0.39, 0.29) is 17.0 Å². The molecule has 0 N–H and O–H groups in total. The Bertz CT molecular complexity index is 811. The monoisotopic (exact) mass is 372 g/mol. The van der Waals surface area contributed by atoms with E-state index in [4.69, 9.17) is 9.47 Å². The Labute approximate surface area is 155 Å². The van der Waals surface area contributed by atoms with Gasteiger partial charge in [-0.2, -0.15) is 0 Å². The van der Waals surface area contributed by atoms with Gasteiger partial charge in [-0.3, -0.25) is 4.79 Å². The lowest BCUT2D eigenvalue weighted by Gasteiger charge is -2.30. The van der Waals surface area contributed by atoms with Crippen molar-refractivity contribution in [2.45, 2.75) is 11.4 Å². The summed E-state index contributed by atoms with van der Waals surface area (Å²) in [5, 5.41) is 11.2. The molecule has 1 heterocycles. The first-order valence-electron chi connectivity index (χ1n) is 7.99. The number of hydrogen-bond acceptors (Lipinski definition) is 6. The Hall–Kier alpha value is -2.67. The average molecular weight is 372 g/mol. The van der Waals surface area contributed by atoms with Crippen molar-refractivity contribution in [3.8, 4) is 11.5 Å². The van der Waals surface area contributed by atoms with E-state index < -0.39 is 12.0 Å². The molecule has 2 atom stereocenters. The van der Waals surface area contributed by atoms with Gasteiger partial charge in [-0.15, -0.1) is 11.8 Å². The highest BCUT2D eigenvalue weighted by molar-refractivity contribution is 7.99. The number of benzene rings is 2. The van der Waals surface area contributed by atoms with Gasteiger partial charge < -0.3 is 24.3 Å². The van der Waals surface area contributed by atoms with Crippen LogP contribution in [0.3, 0.4) is 0 Å². The molecule has 0 spiro atoms. The predicted octanol–water partition coefficient (Wildman–Crippen LogP) is 1.71. The van der Waals surface area contributed by atoms with Crippen LogP contribution in [0.25, 0.3) is 0 Å². The summed E-state index contributed by atoms with van der Waals surface area (Å²) < 4.78 is 10.4. The maximum absolute atomic E-state index is 13.1. The molecule has 26 heavy (non-hydrogen) atoms. The van der Waals surface area contributed by atoms with E-state index in [1.165, 1.54) is 30.9 Å². The molecular weight excluding hydrogens is 354 g/mol. The summed E-state index contributed by atoms with van der Waals surface area (Å²) in [6.07, 6.45) is 0. The molecule has 3 rings (SSSR count). The molecule has 2 aromatic rings. The van der Waals surface area contributed by atoms with E-state index >= 15 is 0 Å². The number of amides is 1. The van der Waals surface area contributed by atoms with Crippen molar-refractivity contribution in [1.29, 1.82) is 0 Å². The van der Waals surface area contributed by atoms with Gasteiger partial charge in [0.2, 0.25) is 0 Å². The zero-order valence-corrected chi connectivity index (χ0v) is 15.2. The van der Waals surface area contributed by atoms with Crippen LogP contribution in [0.2, 0.25) is 0 Å². The summed E-state index contributed by atoms with van der Waals surface area (Å²) in [7, 11) is 2.99. The van der Waals surface area contributed by atoms with Crippen LogP contribution in [0.5, 0.6) is 11.5 Å². The van der Waals surface area contributed by atoms with Gasteiger partial charge in [0.1, 0.15) is 5.37 Å². The lowest BCUT2D eigenvalue weighted by Crippen LogP contribution is -2.49. The molecule has 6 nitrogen and oxygen atoms in total. The second kappa shape index (κ2) is 7.70. The van der Waals surface area contributed by atoms with Crippen molar-refractivity contribution >= 4 is 23.6 Å². The summed E-state index contributed by atoms with van der Waals surface area (Å²) in [5.41, 5.74) is 1.20. The van der Waals surface area contributed by atoms with Gasteiger partial charge in [0.15, 0.2) is 11.5 Å². The SMILES string of the molecule is COc1ccc(C(=O)N2[C@@H](C(=O)[O-])CS[C@@H]2c2ccccc2)cc1OC. The standard InChI is InChI=1S/C19H19NO5S/c1-24-15-9-8-13(10-16(15)25-2)17(21)20-14(19(22)23)11-26-18(20)12-6-4-3-5-7-12/h3-10,14,18H,11H2,1-2H3,(H,22,23)/p-1/t14-,18-/m1/s1. The van der Waals surface area contributed by atoms with E-state index in [1.54, 1.807) is 18.2 Å². The van der Waals surface area contributed by atoms with Crippen molar-refractivity contribution in [3.05, 3.63) is 59.7 Å². The summed E-state index contributed by atoms with van der Waals surface area (Å²) in [5.74, 6) is -0.466. The number of hydrogen-bond donors (Lipinski definition) is 0. The highest BCUT2D eigenvalue weighted by atomic mass is 32.2. The summed E-state index contributed by atoms with van der Waals surface area (Å²) in [6.45, 7) is 0. The molecular formula is C19H18NO5S-. The summed E-state index contributed by atoms with van der Waals surface area (Å²) in [4.78, 5) is 26.1. The van der Waals surface area contributed by atoms with Crippen LogP contribution in [-0.4, -0.2) is 42.8 Å². The fraction of sp³-hybridized carbons (Fsp3) is 0.263. The smallest absolute Gasteiger partial charge is 0.255 e. The number of carbonyl (C=O) groups excluding carboxylic acids is 2.